The summed E-state index contributed by atoms with van der Waals surface area (Å²) in [6.07, 6.45) is 4.00. The highest BCUT2D eigenvalue weighted by Gasteiger charge is 2.53. The predicted octanol–water partition coefficient (Wildman–Crippen LogP) is -1.28. The molecule has 1 fully saturated rings. The Morgan fingerprint density at radius 1 is 1.74 bits per heavy atom. The van der Waals surface area contributed by atoms with E-state index < -0.39 is 36.1 Å². The lowest BCUT2D eigenvalue weighted by molar-refractivity contribution is -0.0502. The Morgan fingerprint density at radius 2 is 2.42 bits per heavy atom. The van der Waals surface area contributed by atoms with Gasteiger partial charge in [-0.3, -0.25) is 4.57 Å². The van der Waals surface area contributed by atoms with Crippen LogP contribution in [0, 0.1) is 17.8 Å². The molecular weight excluding hydrogens is 250 g/mol. The Morgan fingerprint density at radius 3 is 2.95 bits per heavy atom. The number of hydrogen-bond donors (Lipinski definition) is 3. The van der Waals surface area contributed by atoms with Crippen LogP contribution in [0.4, 0.5) is 5.82 Å². The van der Waals surface area contributed by atoms with Crippen LogP contribution in [0.25, 0.3) is 0 Å². The monoisotopic (exact) mass is 265 g/mol. The number of aliphatic hydroxyl groups is 2. The highest BCUT2D eigenvalue weighted by molar-refractivity contribution is 5.24. The molecule has 1 unspecified atom stereocenters. The summed E-state index contributed by atoms with van der Waals surface area (Å²) in [7, 11) is 0. The quantitative estimate of drug-likeness (QED) is 0.574. The molecule has 0 saturated carbocycles. The average molecular weight is 265 g/mol. The number of aromatic nitrogens is 2. The van der Waals surface area contributed by atoms with E-state index in [0.29, 0.717) is 0 Å². The van der Waals surface area contributed by atoms with Gasteiger partial charge in [0.1, 0.15) is 23.4 Å². The number of aliphatic hydroxyl groups excluding tert-OH is 2. The molecule has 0 aromatic carbocycles. The van der Waals surface area contributed by atoms with Crippen molar-refractivity contribution in [3.05, 3.63) is 22.7 Å². The molecule has 4 atom stereocenters. The van der Waals surface area contributed by atoms with Crippen molar-refractivity contribution in [2.45, 2.75) is 25.4 Å². The summed E-state index contributed by atoms with van der Waals surface area (Å²) in [4.78, 5) is 15.4. The van der Waals surface area contributed by atoms with E-state index in [9.17, 15) is 9.90 Å². The fourth-order valence-electron chi connectivity index (χ4n) is 2.17. The van der Waals surface area contributed by atoms with Crippen LogP contribution >= 0.6 is 0 Å². The summed E-state index contributed by atoms with van der Waals surface area (Å²) < 4.78 is 6.64. The third-order valence-corrected chi connectivity index (χ3v) is 3.38. The first kappa shape index (κ1) is 13.5. The van der Waals surface area contributed by atoms with Crippen LogP contribution in [0.15, 0.2) is 17.1 Å². The number of hydrogen-bond acceptors (Lipinski definition) is 6. The molecule has 2 heterocycles. The van der Waals surface area contributed by atoms with Gasteiger partial charge in [0.15, 0.2) is 6.23 Å². The zero-order valence-electron chi connectivity index (χ0n) is 10.4. The van der Waals surface area contributed by atoms with Crippen LogP contribution in [0.3, 0.4) is 0 Å². The second kappa shape index (κ2) is 4.66. The van der Waals surface area contributed by atoms with Crippen LogP contribution in [0.5, 0.6) is 0 Å². The third-order valence-electron chi connectivity index (χ3n) is 3.38. The Balaban J connectivity index is 2.49. The molecule has 7 nitrogen and oxygen atoms in total. The maximum atomic E-state index is 11.8. The van der Waals surface area contributed by atoms with E-state index in [1.807, 2.05) is 0 Å². The maximum absolute atomic E-state index is 11.8. The van der Waals surface area contributed by atoms with Crippen LogP contribution in [-0.2, 0) is 4.74 Å². The lowest BCUT2D eigenvalue weighted by Gasteiger charge is -2.27. The van der Waals surface area contributed by atoms with E-state index in [1.165, 1.54) is 12.3 Å². The standard InChI is InChI=1S/C12H15N3O4/c1-3-12(2)9(17)7(6-16)19-10(12)15-5-4-8(13)14-11(15)18/h1,4-5,7,9-10,16-17H,6H2,2H3,(H2,13,14,18)/t7-,9?,10+,12-/m1/s1. The molecule has 1 aliphatic rings. The summed E-state index contributed by atoms with van der Waals surface area (Å²) in [6, 6.07) is 1.43. The van der Waals surface area contributed by atoms with Gasteiger partial charge in [0, 0.05) is 6.20 Å². The fourth-order valence-corrected chi connectivity index (χ4v) is 2.17. The molecule has 102 valence electrons. The molecule has 7 heteroatoms. The Bertz CT molecular complexity index is 579. The Hall–Kier alpha value is -1.88. The van der Waals surface area contributed by atoms with Crippen molar-refractivity contribution in [1.29, 1.82) is 0 Å². The van der Waals surface area contributed by atoms with E-state index in [1.54, 1.807) is 6.92 Å². The summed E-state index contributed by atoms with van der Waals surface area (Å²) in [5.41, 5.74) is 3.64. The van der Waals surface area contributed by atoms with Crippen molar-refractivity contribution in [3.8, 4) is 12.3 Å². The van der Waals surface area contributed by atoms with Crippen molar-refractivity contribution < 1.29 is 14.9 Å². The van der Waals surface area contributed by atoms with Gasteiger partial charge in [-0.05, 0) is 13.0 Å². The van der Waals surface area contributed by atoms with Gasteiger partial charge in [0.25, 0.3) is 0 Å². The maximum Gasteiger partial charge on any atom is 0.351 e. The first-order chi connectivity index (χ1) is 8.93. The molecule has 1 aromatic rings. The summed E-state index contributed by atoms with van der Waals surface area (Å²) in [5, 5.41) is 19.3. The predicted molar refractivity (Wildman–Crippen MR) is 66.9 cm³/mol. The SMILES string of the molecule is C#C[C@]1(C)C(O)[C@@H](CO)O[C@@H]1n1ccc(N)nc1=O. The summed E-state index contributed by atoms with van der Waals surface area (Å²) in [5.74, 6) is 2.52. The number of terminal acetylenes is 1. The number of ether oxygens (including phenoxy) is 1. The first-order valence-corrected chi connectivity index (χ1v) is 5.71. The zero-order chi connectivity index (χ0) is 14.2. The smallest absolute Gasteiger partial charge is 0.351 e. The largest absolute Gasteiger partial charge is 0.394 e. The minimum atomic E-state index is -1.14. The van der Waals surface area contributed by atoms with Gasteiger partial charge in [-0.25, -0.2) is 4.79 Å². The number of anilines is 1. The molecule has 0 spiro atoms. The van der Waals surface area contributed by atoms with Crippen molar-refractivity contribution >= 4 is 5.82 Å². The average Bonchev–Trinajstić information content (AvgIpc) is 2.63. The van der Waals surface area contributed by atoms with Gasteiger partial charge in [-0.2, -0.15) is 4.98 Å². The van der Waals surface area contributed by atoms with E-state index in [-0.39, 0.29) is 5.82 Å². The minimum absolute atomic E-state index is 0.0842. The number of nitrogens with zero attached hydrogens (tertiary/aromatic N) is 2. The molecule has 1 saturated heterocycles. The van der Waals surface area contributed by atoms with Crippen molar-refractivity contribution in [2.24, 2.45) is 5.41 Å². The summed E-state index contributed by atoms with van der Waals surface area (Å²) >= 11 is 0. The molecule has 1 aromatic heterocycles. The highest BCUT2D eigenvalue weighted by atomic mass is 16.5. The minimum Gasteiger partial charge on any atom is -0.394 e. The molecule has 0 bridgehead atoms. The number of nitrogens with two attached hydrogens (primary N) is 1. The van der Waals surface area contributed by atoms with Crippen LogP contribution < -0.4 is 11.4 Å². The molecule has 0 aliphatic carbocycles. The third kappa shape index (κ3) is 2.00. The molecule has 4 N–H and O–H groups in total. The van der Waals surface area contributed by atoms with Crippen molar-refractivity contribution in [2.75, 3.05) is 12.3 Å². The van der Waals surface area contributed by atoms with Gasteiger partial charge in [0.2, 0.25) is 0 Å². The molecule has 2 rings (SSSR count). The second-order valence-corrected chi connectivity index (χ2v) is 4.62. The molecular formula is C12H15N3O4. The van der Waals surface area contributed by atoms with Gasteiger partial charge >= 0.3 is 5.69 Å². The molecule has 0 radical (unpaired) electrons. The van der Waals surface area contributed by atoms with Crippen LogP contribution in [-0.4, -0.2) is 38.6 Å². The van der Waals surface area contributed by atoms with Gasteiger partial charge in [-0.15, -0.1) is 6.42 Å². The molecule has 0 amide bonds. The van der Waals surface area contributed by atoms with Gasteiger partial charge in [-0.1, -0.05) is 5.92 Å². The van der Waals surface area contributed by atoms with Crippen LogP contribution in [0.2, 0.25) is 0 Å². The lowest BCUT2D eigenvalue weighted by atomic mass is 9.83. The number of rotatable bonds is 2. The topological polar surface area (TPSA) is 111 Å². The van der Waals surface area contributed by atoms with Crippen LogP contribution in [0.1, 0.15) is 13.2 Å². The molecule has 19 heavy (non-hydrogen) atoms. The van der Waals surface area contributed by atoms with Gasteiger partial charge < -0.3 is 20.7 Å². The molecule has 1 aliphatic heterocycles. The Kier molecular flexibility index (Phi) is 3.32. The lowest BCUT2D eigenvalue weighted by Crippen LogP contribution is -2.39. The second-order valence-electron chi connectivity index (χ2n) is 4.62. The van der Waals surface area contributed by atoms with E-state index >= 15 is 0 Å². The van der Waals surface area contributed by atoms with E-state index in [2.05, 4.69) is 10.9 Å². The summed E-state index contributed by atoms with van der Waals surface area (Å²) in [6.45, 7) is 1.19. The van der Waals surface area contributed by atoms with Crippen molar-refractivity contribution in [3.63, 3.8) is 0 Å². The van der Waals surface area contributed by atoms with E-state index in [0.717, 1.165) is 4.57 Å². The highest BCUT2D eigenvalue weighted by Crippen LogP contribution is 2.44. The van der Waals surface area contributed by atoms with E-state index in [4.69, 9.17) is 22.0 Å². The Labute approximate surface area is 109 Å². The first-order valence-electron chi connectivity index (χ1n) is 5.71. The normalized spacial score (nSPS) is 34.1. The van der Waals surface area contributed by atoms with Crippen molar-refractivity contribution in [1.82, 2.24) is 9.55 Å². The number of nitrogen functional groups attached to an aromatic ring is 1. The van der Waals surface area contributed by atoms with Gasteiger partial charge in [0.05, 0.1) is 6.61 Å². The zero-order valence-corrected chi connectivity index (χ0v) is 10.4. The fraction of sp³-hybridized carbons (Fsp3) is 0.500.